The molecule has 0 heterocycles. The third kappa shape index (κ3) is 2.67. The molecule has 0 unspecified atom stereocenters. The van der Waals surface area contributed by atoms with Crippen LogP contribution < -0.4 is 4.72 Å². The van der Waals surface area contributed by atoms with Crippen molar-refractivity contribution < 1.29 is 8.42 Å². The molecular formula is C15H14ClNO2S. The van der Waals surface area contributed by atoms with Crippen molar-refractivity contribution in [3.63, 3.8) is 0 Å². The highest BCUT2D eigenvalue weighted by molar-refractivity contribution is 7.92. The van der Waals surface area contributed by atoms with Gasteiger partial charge < -0.3 is 0 Å². The van der Waals surface area contributed by atoms with E-state index in [9.17, 15) is 8.42 Å². The van der Waals surface area contributed by atoms with Gasteiger partial charge in [-0.05, 0) is 66.8 Å². The van der Waals surface area contributed by atoms with E-state index in [-0.39, 0.29) is 0 Å². The van der Waals surface area contributed by atoms with Gasteiger partial charge in [-0.3, -0.25) is 4.72 Å². The second-order valence-electron chi connectivity index (χ2n) is 4.90. The Bertz CT molecular complexity index is 739. The van der Waals surface area contributed by atoms with Gasteiger partial charge in [0, 0.05) is 10.7 Å². The van der Waals surface area contributed by atoms with Crippen LogP contribution in [0.3, 0.4) is 0 Å². The number of fused-ring (bicyclic) bond motifs is 1. The lowest BCUT2D eigenvalue weighted by Gasteiger charge is -2.09. The molecule has 0 saturated heterocycles. The third-order valence-electron chi connectivity index (χ3n) is 3.48. The highest BCUT2D eigenvalue weighted by Crippen LogP contribution is 2.26. The van der Waals surface area contributed by atoms with E-state index in [1.54, 1.807) is 36.4 Å². The molecule has 0 radical (unpaired) electrons. The first kappa shape index (κ1) is 13.5. The average molecular weight is 308 g/mol. The standard InChI is InChI=1S/C15H14ClNO2S/c16-13-5-7-14(8-6-13)17-20(18,19)15-9-4-11-2-1-3-12(11)10-15/h4-10,17H,1-3H2. The maximum absolute atomic E-state index is 12.3. The van der Waals surface area contributed by atoms with E-state index in [2.05, 4.69) is 4.72 Å². The van der Waals surface area contributed by atoms with Crippen LogP contribution >= 0.6 is 11.6 Å². The minimum Gasteiger partial charge on any atom is -0.280 e. The summed E-state index contributed by atoms with van der Waals surface area (Å²) >= 11 is 5.79. The Hall–Kier alpha value is -1.52. The molecule has 0 saturated carbocycles. The van der Waals surface area contributed by atoms with Crippen LogP contribution in [0.4, 0.5) is 5.69 Å². The van der Waals surface area contributed by atoms with E-state index in [4.69, 9.17) is 11.6 Å². The van der Waals surface area contributed by atoms with Crippen molar-refractivity contribution >= 4 is 27.3 Å². The van der Waals surface area contributed by atoms with Gasteiger partial charge in [-0.1, -0.05) is 17.7 Å². The Morgan fingerprint density at radius 2 is 1.65 bits per heavy atom. The summed E-state index contributed by atoms with van der Waals surface area (Å²) < 4.78 is 27.3. The lowest BCUT2D eigenvalue weighted by molar-refractivity contribution is 0.601. The molecule has 2 aromatic rings. The van der Waals surface area contributed by atoms with E-state index in [0.717, 1.165) is 24.8 Å². The van der Waals surface area contributed by atoms with Crippen LogP contribution in [0.2, 0.25) is 5.02 Å². The van der Waals surface area contributed by atoms with Crippen molar-refractivity contribution in [2.75, 3.05) is 4.72 Å². The van der Waals surface area contributed by atoms with E-state index in [1.165, 1.54) is 5.56 Å². The highest BCUT2D eigenvalue weighted by Gasteiger charge is 2.18. The minimum absolute atomic E-state index is 0.313. The van der Waals surface area contributed by atoms with Crippen molar-refractivity contribution in [1.82, 2.24) is 0 Å². The molecule has 3 nitrogen and oxygen atoms in total. The summed E-state index contributed by atoms with van der Waals surface area (Å²) in [5.41, 5.74) is 2.91. The fourth-order valence-corrected chi connectivity index (χ4v) is 3.68. The summed E-state index contributed by atoms with van der Waals surface area (Å²) in [6.07, 6.45) is 3.10. The molecule has 1 N–H and O–H groups in total. The topological polar surface area (TPSA) is 46.2 Å². The molecule has 0 aliphatic heterocycles. The molecule has 0 aromatic heterocycles. The zero-order chi connectivity index (χ0) is 14.2. The summed E-state index contributed by atoms with van der Waals surface area (Å²) in [5.74, 6) is 0. The van der Waals surface area contributed by atoms with Crippen molar-refractivity contribution in [3.8, 4) is 0 Å². The fraction of sp³-hybridized carbons (Fsp3) is 0.200. The lowest BCUT2D eigenvalue weighted by atomic mass is 10.1. The largest absolute Gasteiger partial charge is 0.280 e. The highest BCUT2D eigenvalue weighted by atomic mass is 35.5. The van der Waals surface area contributed by atoms with E-state index in [1.807, 2.05) is 6.07 Å². The van der Waals surface area contributed by atoms with Crippen LogP contribution in [-0.2, 0) is 22.9 Å². The van der Waals surface area contributed by atoms with Crippen molar-refractivity contribution in [3.05, 3.63) is 58.6 Å². The van der Waals surface area contributed by atoms with E-state index >= 15 is 0 Å². The van der Waals surface area contributed by atoms with Crippen LogP contribution in [0, 0.1) is 0 Å². The second kappa shape index (κ2) is 5.11. The van der Waals surface area contributed by atoms with Crippen LogP contribution in [0.25, 0.3) is 0 Å². The molecule has 1 aliphatic rings. The van der Waals surface area contributed by atoms with Crippen molar-refractivity contribution in [2.24, 2.45) is 0 Å². The molecule has 0 spiro atoms. The third-order valence-corrected chi connectivity index (χ3v) is 5.11. The van der Waals surface area contributed by atoms with Gasteiger partial charge in [0.05, 0.1) is 4.90 Å². The number of halogens is 1. The Kier molecular flexibility index (Phi) is 3.44. The smallest absolute Gasteiger partial charge is 0.261 e. The molecule has 0 bridgehead atoms. The maximum atomic E-state index is 12.3. The number of sulfonamides is 1. The Morgan fingerprint density at radius 3 is 2.40 bits per heavy atom. The molecule has 2 aromatic carbocycles. The van der Waals surface area contributed by atoms with Crippen LogP contribution in [0.1, 0.15) is 17.5 Å². The quantitative estimate of drug-likeness (QED) is 0.941. The predicted molar refractivity (Wildman–Crippen MR) is 80.7 cm³/mol. The van der Waals surface area contributed by atoms with Crippen LogP contribution in [0.5, 0.6) is 0 Å². The number of aryl methyl sites for hydroxylation is 2. The van der Waals surface area contributed by atoms with Crippen LogP contribution in [-0.4, -0.2) is 8.42 Å². The summed E-state index contributed by atoms with van der Waals surface area (Å²) in [6, 6.07) is 12.0. The van der Waals surface area contributed by atoms with Gasteiger partial charge in [0.15, 0.2) is 0 Å². The number of benzene rings is 2. The lowest BCUT2D eigenvalue weighted by Crippen LogP contribution is -2.13. The number of hydrogen-bond donors (Lipinski definition) is 1. The number of rotatable bonds is 3. The molecule has 1 aliphatic carbocycles. The van der Waals surface area contributed by atoms with Crippen molar-refractivity contribution in [2.45, 2.75) is 24.2 Å². The van der Waals surface area contributed by atoms with E-state index < -0.39 is 10.0 Å². The number of nitrogens with one attached hydrogen (secondary N) is 1. The van der Waals surface area contributed by atoms with Gasteiger partial charge in [0.2, 0.25) is 0 Å². The zero-order valence-electron chi connectivity index (χ0n) is 10.8. The SMILES string of the molecule is O=S(=O)(Nc1ccc(Cl)cc1)c1ccc2c(c1)CCC2. The summed E-state index contributed by atoms with van der Waals surface area (Å²) in [5, 5.41) is 0.575. The molecular weight excluding hydrogens is 294 g/mol. The molecule has 0 fully saturated rings. The number of hydrogen-bond acceptors (Lipinski definition) is 2. The molecule has 5 heteroatoms. The Balaban J connectivity index is 1.90. The Morgan fingerprint density at radius 1 is 0.950 bits per heavy atom. The first-order valence-electron chi connectivity index (χ1n) is 6.45. The normalized spacial score (nSPS) is 14.1. The van der Waals surface area contributed by atoms with Gasteiger partial charge in [-0.2, -0.15) is 0 Å². The van der Waals surface area contributed by atoms with E-state index in [0.29, 0.717) is 15.6 Å². The molecule has 104 valence electrons. The van der Waals surface area contributed by atoms with Crippen molar-refractivity contribution in [1.29, 1.82) is 0 Å². The molecule has 3 rings (SSSR count). The molecule has 0 atom stereocenters. The van der Waals surface area contributed by atoms with Gasteiger partial charge >= 0.3 is 0 Å². The van der Waals surface area contributed by atoms with Gasteiger partial charge in [0.1, 0.15) is 0 Å². The maximum Gasteiger partial charge on any atom is 0.261 e. The Labute approximate surface area is 123 Å². The second-order valence-corrected chi connectivity index (χ2v) is 7.02. The van der Waals surface area contributed by atoms with Gasteiger partial charge in [-0.15, -0.1) is 0 Å². The summed E-state index contributed by atoms with van der Waals surface area (Å²) in [4.78, 5) is 0.313. The summed E-state index contributed by atoms with van der Waals surface area (Å²) in [7, 11) is -3.54. The molecule has 0 amide bonds. The minimum atomic E-state index is -3.54. The molecule has 20 heavy (non-hydrogen) atoms. The van der Waals surface area contributed by atoms with Crippen LogP contribution in [0.15, 0.2) is 47.4 Å². The predicted octanol–water partition coefficient (Wildman–Crippen LogP) is 3.63. The fourth-order valence-electron chi connectivity index (χ4n) is 2.45. The van der Waals surface area contributed by atoms with Gasteiger partial charge in [-0.25, -0.2) is 8.42 Å². The zero-order valence-corrected chi connectivity index (χ0v) is 12.3. The first-order chi connectivity index (χ1) is 9.54. The number of anilines is 1. The van der Waals surface area contributed by atoms with Gasteiger partial charge in [0.25, 0.3) is 10.0 Å². The summed E-state index contributed by atoms with van der Waals surface area (Å²) in [6.45, 7) is 0. The average Bonchev–Trinajstić information content (AvgIpc) is 2.88. The monoisotopic (exact) mass is 307 g/mol. The first-order valence-corrected chi connectivity index (χ1v) is 8.31.